The second-order valence-corrected chi connectivity index (χ2v) is 6.91. The molecule has 1 amide bonds. The van der Waals surface area contributed by atoms with Crippen molar-refractivity contribution in [1.29, 1.82) is 0 Å². The molecular formula is C18H23ClF3N3O3. The number of rotatable bonds is 7. The Labute approximate surface area is 166 Å². The fourth-order valence-corrected chi connectivity index (χ4v) is 3.18. The maximum absolute atomic E-state index is 13.2. The SMILES string of the molecule is COCCCN(C(=O)C(F)(F)F)c1cc(N2CCN(C)CC2)ccc1C(=O)Cl. The van der Waals surface area contributed by atoms with Crippen LogP contribution in [0, 0.1) is 0 Å². The molecule has 0 atom stereocenters. The maximum Gasteiger partial charge on any atom is 0.471 e. The van der Waals surface area contributed by atoms with Crippen LogP contribution in [-0.4, -0.2) is 75.7 Å². The number of anilines is 2. The van der Waals surface area contributed by atoms with E-state index in [-0.39, 0.29) is 30.8 Å². The summed E-state index contributed by atoms with van der Waals surface area (Å²) < 4.78 is 44.4. The molecule has 1 aromatic carbocycles. The van der Waals surface area contributed by atoms with E-state index in [1.165, 1.54) is 19.2 Å². The second-order valence-electron chi connectivity index (χ2n) is 6.57. The summed E-state index contributed by atoms with van der Waals surface area (Å²) in [6.45, 7) is 2.87. The minimum absolute atomic E-state index is 0.144. The minimum atomic E-state index is -5.08. The molecule has 2 rings (SSSR count). The Morgan fingerprint density at radius 1 is 1.21 bits per heavy atom. The molecule has 1 aromatic rings. The first-order chi connectivity index (χ1) is 13.1. The molecule has 0 bridgehead atoms. The van der Waals surface area contributed by atoms with Gasteiger partial charge >= 0.3 is 12.1 Å². The van der Waals surface area contributed by atoms with E-state index < -0.39 is 17.3 Å². The molecule has 0 N–H and O–H groups in total. The van der Waals surface area contributed by atoms with Crippen LogP contribution < -0.4 is 9.80 Å². The van der Waals surface area contributed by atoms with Gasteiger partial charge in [0.05, 0.1) is 11.3 Å². The first-order valence-electron chi connectivity index (χ1n) is 8.80. The van der Waals surface area contributed by atoms with E-state index in [1.54, 1.807) is 6.07 Å². The number of amides is 1. The van der Waals surface area contributed by atoms with Gasteiger partial charge in [-0.3, -0.25) is 9.59 Å². The highest BCUT2D eigenvalue weighted by Gasteiger charge is 2.43. The van der Waals surface area contributed by atoms with Gasteiger partial charge in [-0.2, -0.15) is 13.2 Å². The first-order valence-corrected chi connectivity index (χ1v) is 9.18. The standard InChI is InChI=1S/C18H23ClF3N3O3/c1-23-7-9-24(10-8-23)13-4-5-14(16(19)26)15(12-13)25(6-3-11-28-2)17(27)18(20,21)22/h4-5,12H,3,6-11H2,1-2H3. The van der Waals surface area contributed by atoms with Gasteiger partial charge < -0.3 is 19.4 Å². The van der Waals surface area contributed by atoms with E-state index in [1.807, 2.05) is 11.9 Å². The molecule has 0 spiro atoms. The monoisotopic (exact) mass is 421 g/mol. The van der Waals surface area contributed by atoms with E-state index in [4.69, 9.17) is 16.3 Å². The smallest absolute Gasteiger partial charge is 0.385 e. The van der Waals surface area contributed by atoms with Crippen LogP contribution in [0.25, 0.3) is 0 Å². The quantitative estimate of drug-likeness (QED) is 0.500. The van der Waals surface area contributed by atoms with Crippen molar-refractivity contribution in [2.75, 3.05) is 63.3 Å². The van der Waals surface area contributed by atoms with Gasteiger partial charge in [-0.1, -0.05) is 0 Å². The highest BCUT2D eigenvalue weighted by atomic mass is 35.5. The molecule has 0 unspecified atom stereocenters. The van der Waals surface area contributed by atoms with Crippen LogP contribution in [0.2, 0.25) is 0 Å². The molecule has 6 nitrogen and oxygen atoms in total. The summed E-state index contributed by atoms with van der Waals surface area (Å²) >= 11 is 5.59. The van der Waals surface area contributed by atoms with Crippen molar-refractivity contribution in [2.24, 2.45) is 0 Å². The number of alkyl halides is 3. The van der Waals surface area contributed by atoms with Gasteiger partial charge in [-0.15, -0.1) is 0 Å². The largest absolute Gasteiger partial charge is 0.471 e. The molecular weight excluding hydrogens is 399 g/mol. The lowest BCUT2D eigenvalue weighted by Crippen LogP contribution is -2.45. The number of benzene rings is 1. The van der Waals surface area contributed by atoms with Gasteiger partial charge in [0.2, 0.25) is 0 Å². The number of likely N-dealkylation sites (N-methyl/N-ethyl adjacent to an activating group) is 1. The van der Waals surface area contributed by atoms with E-state index >= 15 is 0 Å². The Kier molecular flexibility index (Phi) is 7.68. The molecule has 1 heterocycles. The number of carbonyl (C=O) groups is 2. The Morgan fingerprint density at radius 2 is 1.86 bits per heavy atom. The maximum atomic E-state index is 13.2. The Morgan fingerprint density at radius 3 is 2.39 bits per heavy atom. The number of piperazine rings is 1. The molecule has 10 heteroatoms. The lowest BCUT2D eigenvalue weighted by atomic mass is 10.1. The van der Waals surface area contributed by atoms with E-state index in [0.29, 0.717) is 23.7 Å². The Balaban J connectivity index is 2.44. The molecule has 156 valence electrons. The lowest BCUT2D eigenvalue weighted by molar-refractivity contribution is -0.170. The highest BCUT2D eigenvalue weighted by molar-refractivity contribution is 6.68. The third-order valence-corrected chi connectivity index (χ3v) is 4.77. The summed E-state index contributed by atoms with van der Waals surface area (Å²) in [5.41, 5.74) is 0.348. The first kappa shape index (κ1) is 22.4. The Bertz CT molecular complexity index is 707. The van der Waals surface area contributed by atoms with Gasteiger partial charge in [-0.05, 0) is 43.3 Å². The van der Waals surface area contributed by atoms with Crippen LogP contribution in [0.1, 0.15) is 16.8 Å². The Hall–Kier alpha value is -1.84. The van der Waals surface area contributed by atoms with Gasteiger partial charge in [0, 0.05) is 52.1 Å². The fraction of sp³-hybridized carbons (Fsp3) is 0.556. The van der Waals surface area contributed by atoms with Crippen molar-refractivity contribution in [3.8, 4) is 0 Å². The summed E-state index contributed by atoms with van der Waals surface area (Å²) in [5, 5.41) is -0.924. The molecule has 1 aliphatic rings. The number of hydrogen-bond donors (Lipinski definition) is 0. The van der Waals surface area contributed by atoms with Crippen molar-refractivity contribution in [2.45, 2.75) is 12.6 Å². The zero-order chi connectivity index (χ0) is 20.9. The highest BCUT2D eigenvalue weighted by Crippen LogP contribution is 2.32. The van der Waals surface area contributed by atoms with Crippen molar-refractivity contribution < 1.29 is 27.5 Å². The van der Waals surface area contributed by atoms with Gasteiger partial charge in [0.1, 0.15) is 0 Å². The van der Waals surface area contributed by atoms with Crippen LogP contribution in [0.3, 0.4) is 0 Å². The van der Waals surface area contributed by atoms with Gasteiger partial charge in [-0.25, -0.2) is 0 Å². The fourth-order valence-electron chi connectivity index (χ4n) is 3.02. The van der Waals surface area contributed by atoms with Crippen molar-refractivity contribution in [3.05, 3.63) is 23.8 Å². The van der Waals surface area contributed by atoms with Crippen molar-refractivity contribution in [1.82, 2.24) is 4.90 Å². The lowest BCUT2D eigenvalue weighted by Gasteiger charge is -2.35. The van der Waals surface area contributed by atoms with Crippen molar-refractivity contribution >= 4 is 34.1 Å². The molecule has 0 aliphatic carbocycles. The average Bonchev–Trinajstić information content (AvgIpc) is 2.64. The number of nitrogens with zero attached hydrogens (tertiary/aromatic N) is 3. The molecule has 28 heavy (non-hydrogen) atoms. The third-order valence-electron chi connectivity index (χ3n) is 4.57. The number of halogens is 4. The van der Waals surface area contributed by atoms with Crippen LogP contribution >= 0.6 is 11.6 Å². The molecule has 0 radical (unpaired) electrons. The van der Waals surface area contributed by atoms with E-state index in [0.717, 1.165) is 13.1 Å². The zero-order valence-corrected chi connectivity index (χ0v) is 16.5. The average molecular weight is 422 g/mol. The van der Waals surface area contributed by atoms with Crippen LogP contribution in [0.5, 0.6) is 0 Å². The van der Waals surface area contributed by atoms with Crippen LogP contribution in [-0.2, 0) is 9.53 Å². The summed E-state index contributed by atoms with van der Waals surface area (Å²) in [6.07, 6.45) is -4.91. The summed E-state index contributed by atoms with van der Waals surface area (Å²) in [4.78, 5) is 28.6. The predicted octanol–water partition coefficient (Wildman–Crippen LogP) is 2.75. The minimum Gasteiger partial charge on any atom is -0.385 e. The van der Waals surface area contributed by atoms with Crippen molar-refractivity contribution in [3.63, 3.8) is 0 Å². The number of methoxy groups -OCH3 is 1. The van der Waals surface area contributed by atoms with Gasteiger partial charge in [0.15, 0.2) is 0 Å². The second kappa shape index (κ2) is 9.58. The predicted molar refractivity (Wildman–Crippen MR) is 101 cm³/mol. The summed E-state index contributed by atoms with van der Waals surface area (Å²) in [6, 6.07) is 4.43. The zero-order valence-electron chi connectivity index (χ0n) is 15.8. The molecule has 0 aromatic heterocycles. The molecule has 1 aliphatic heterocycles. The van der Waals surface area contributed by atoms with E-state index in [2.05, 4.69) is 4.90 Å². The van der Waals surface area contributed by atoms with Gasteiger partial charge in [0.25, 0.3) is 5.24 Å². The molecule has 1 saturated heterocycles. The normalized spacial score (nSPS) is 15.6. The summed E-state index contributed by atoms with van der Waals surface area (Å²) in [5.74, 6) is -2.04. The number of carbonyl (C=O) groups excluding carboxylic acids is 2. The van der Waals surface area contributed by atoms with Crippen LogP contribution in [0.15, 0.2) is 18.2 Å². The molecule has 0 saturated carbocycles. The molecule has 1 fully saturated rings. The number of hydrogen-bond acceptors (Lipinski definition) is 5. The van der Waals surface area contributed by atoms with Crippen LogP contribution in [0.4, 0.5) is 24.5 Å². The summed E-state index contributed by atoms with van der Waals surface area (Å²) in [7, 11) is 3.40. The number of ether oxygens (including phenoxy) is 1. The van der Waals surface area contributed by atoms with E-state index in [9.17, 15) is 22.8 Å². The third kappa shape index (κ3) is 5.59. The topological polar surface area (TPSA) is 53.1 Å².